The SMILES string of the molecule is CCCn1ccc(C(=O)O)c1CC. The molecule has 0 radical (unpaired) electrons. The van der Waals surface area contributed by atoms with E-state index in [1.54, 1.807) is 6.07 Å². The molecule has 3 heteroatoms. The lowest BCUT2D eigenvalue weighted by atomic mass is 10.2. The topological polar surface area (TPSA) is 42.2 Å². The molecule has 0 bridgehead atoms. The highest BCUT2D eigenvalue weighted by Gasteiger charge is 2.12. The van der Waals surface area contributed by atoms with Gasteiger partial charge in [0.05, 0.1) is 5.56 Å². The molecule has 13 heavy (non-hydrogen) atoms. The Bertz CT molecular complexity index is 302. The lowest BCUT2D eigenvalue weighted by Crippen LogP contribution is -2.05. The van der Waals surface area contributed by atoms with E-state index in [1.165, 1.54) is 0 Å². The largest absolute Gasteiger partial charge is 0.478 e. The maximum Gasteiger partial charge on any atom is 0.337 e. The summed E-state index contributed by atoms with van der Waals surface area (Å²) in [7, 11) is 0. The first-order valence-electron chi connectivity index (χ1n) is 4.62. The van der Waals surface area contributed by atoms with Crippen LogP contribution >= 0.6 is 0 Å². The highest BCUT2D eigenvalue weighted by atomic mass is 16.4. The van der Waals surface area contributed by atoms with Crippen molar-refractivity contribution in [3.63, 3.8) is 0 Å². The maximum absolute atomic E-state index is 10.8. The van der Waals surface area contributed by atoms with Crippen molar-refractivity contribution in [2.45, 2.75) is 33.2 Å². The zero-order chi connectivity index (χ0) is 9.84. The van der Waals surface area contributed by atoms with Gasteiger partial charge in [-0.1, -0.05) is 13.8 Å². The van der Waals surface area contributed by atoms with Gasteiger partial charge < -0.3 is 9.67 Å². The fourth-order valence-corrected chi connectivity index (χ4v) is 1.54. The number of rotatable bonds is 4. The second kappa shape index (κ2) is 4.12. The van der Waals surface area contributed by atoms with Gasteiger partial charge in [0.1, 0.15) is 0 Å². The molecule has 1 heterocycles. The van der Waals surface area contributed by atoms with Gasteiger partial charge in [-0.2, -0.15) is 0 Å². The molecular weight excluding hydrogens is 166 g/mol. The van der Waals surface area contributed by atoms with E-state index in [9.17, 15) is 4.79 Å². The van der Waals surface area contributed by atoms with Crippen LogP contribution in [0.5, 0.6) is 0 Å². The number of hydrogen-bond acceptors (Lipinski definition) is 1. The summed E-state index contributed by atoms with van der Waals surface area (Å²) in [4.78, 5) is 10.8. The van der Waals surface area contributed by atoms with Crippen molar-refractivity contribution < 1.29 is 9.90 Å². The molecule has 0 saturated heterocycles. The highest BCUT2D eigenvalue weighted by molar-refractivity contribution is 5.89. The summed E-state index contributed by atoms with van der Waals surface area (Å²) in [6, 6.07) is 1.68. The van der Waals surface area contributed by atoms with Gasteiger partial charge in [-0.05, 0) is 18.9 Å². The first-order chi connectivity index (χ1) is 6.20. The molecule has 0 saturated carbocycles. The molecule has 0 aromatic carbocycles. The molecule has 1 rings (SSSR count). The molecule has 0 amide bonds. The molecule has 3 nitrogen and oxygen atoms in total. The molecule has 1 aromatic rings. The van der Waals surface area contributed by atoms with Crippen molar-refractivity contribution in [3.05, 3.63) is 23.5 Å². The summed E-state index contributed by atoms with van der Waals surface area (Å²) in [6.07, 6.45) is 3.65. The van der Waals surface area contributed by atoms with Crippen LogP contribution in [0.15, 0.2) is 12.3 Å². The number of nitrogens with zero attached hydrogens (tertiary/aromatic N) is 1. The molecule has 0 aliphatic carbocycles. The third kappa shape index (κ3) is 1.91. The number of aryl methyl sites for hydroxylation is 1. The van der Waals surface area contributed by atoms with E-state index in [2.05, 4.69) is 6.92 Å². The van der Waals surface area contributed by atoms with E-state index >= 15 is 0 Å². The van der Waals surface area contributed by atoms with Gasteiger partial charge in [0, 0.05) is 18.4 Å². The number of carboxylic acid groups (broad SMARTS) is 1. The monoisotopic (exact) mass is 181 g/mol. The van der Waals surface area contributed by atoms with Crippen LogP contribution in [0.1, 0.15) is 36.3 Å². The molecule has 1 aromatic heterocycles. The molecule has 0 atom stereocenters. The van der Waals surface area contributed by atoms with Gasteiger partial charge in [0.15, 0.2) is 0 Å². The minimum Gasteiger partial charge on any atom is -0.478 e. The van der Waals surface area contributed by atoms with Crippen molar-refractivity contribution in [2.24, 2.45) is 0 Å². The van der Waals surface area contributed by atoms with Crippen molar-refractivity contribution in [1.29, 1.82) is 0 Å². The van der Waals surface area contributed by atoms with Gasteiger partial charge in [0.2, 0.25) is 0 Å². The summed E-state index contributed by atoms with van der Waals surface area (Å²) in [5.74, 6) is -0.827. The number of aromatic carboxylic acids is 1. The first kappa shape index (κ1) is 9.84. The predicted molar refractivity (Wildman–Crippen MR) is 51.1 cm³/mol. The summed E-state index contributed by atoms with van der Waals surface area (Å²) >= 11 is 0. The first-order valence-corrected chi connectivity index (χ1v) is 4.62. The Hall–Kier alpha value is -1.25. The quantitative estimate of drug-likeness (QED) is 0.773. The molecule has 72 valence electrons. The van der Waals surface area contributed by atoms with E-state index in [0.717, 1.165) is 25.1 Å². The minimum absolute atomic E-state index is 0.441. The van der Waals surface area contributed by atoms with Crippen LogP contribution in [0.4, 0.5) is 0 Å². The summed E-state index contributed by atoms with van der Waals surface area (Å²) in [6.45, 7) is 4.96. The van der Waals surface area contributed by atoms with Crippen LogP contribution in [0.25, 0.3) is 0 Å². The van der Waals surface area contributed by atoms with Crippen LogP contribution in [0.2, 0.25) is 0 Å². The van der Waals surface area contributed by atoms with Crippen molar-refractivity contribution >= 4 is 5.97 Å². The van der Waals surface area contributed by atoms with E-state index in [4.69, 9.17) is 5.11 Å². The van der Waals surface area contributed by atoms with E-state index in [0.29, 0.717) is 5.56 Å². The highest BCUT2D eigenvalue weighted by Crippen LogP contribution is 2.12. The van der Waals surface area contributed by atoms with Gasteiger partial charge in [0.25, 0.3) is 0 Å². The Labute approximate surface area is 78.0 Å². The lowest BCUT2D eigenvalue weighted by molar-refractivity contribution is 0.0695. The molecule has 0 aliphatic heterocycles. The summed E-state index contributed by atoms with van der Waals surface area (Å²) in [5, 5.41) is 8.86. The van der Waals surface area contributed by atoms with Crippen molar-refractivity contribution in [1.82, 2.24) is 4.57 Å². The summed E-state index contributed by atoms with van der Waals surface area (Å²) in [5.41, 5.74) is 1.37. The smallest absolute Gasteiger partial charge is 0.337 e. The standard InChI is InChI=1S/C10H15NO2/c1-3-6-11-7-5-8(10(12)13)9(11)4-2/h5,7H,3-4,6H2,1-2H3,(H,12,13). The maximum atomic E-state index is 10.8. The molecule has 0 aliphatic rings. The van der Waals surface area contributed by atoms with Crippen LogP contribution in [-0.2, 0) is 13.0 Å². The number of hydrogen-bond donors (Lipinski definition) is 1. The van der Waals surface area contributed by atoms with Gasteiger partial charge in [-0.15, -0.1) is 0 Å². The second-order valence-electron chi connectivity index (χ2n) is 3.03. The number of aromatic nitrogens is 1. The molecule has 0 fully saturated rings. The van der Waals surface area contributed by atoms with E-state index in [1.807, 2.05) is 17.7 Å². The number of carbonyl (C=O) groups is 1. The van der Waals surface area contributed by atoms with Crippen LogP contribution in [-0.4, -0.2) is 15.6 Å². The number of carboxylic acids is 1. The second-order valence-corrected chi connectivity index (χ2v) is 3.03. The Kier molecular flexibility index (Phi) is 3.12. The molecule has 1 N–H and O–H groups in total. The van der Waals surface area contributed by atoms with Crippen LogP contribution in [0.3, 0.4) is 0 Å². The average Bonchev–Trinajstić information content (AvgIpc) is 2.48. The Morgan fingerprint density at radius 3 is 2.69 bits per heavy atom. The third-order valence-corrected chi connectivity index (χ3v) is 2.11. The van der Waals surface area contributed by atoms with Crippen LogP contribution < -0.4 is 0 Å². The normalized spacial score (nSPS) is 10.3. The van der Waals surface area contributed by atoms with E-state index < -0.39 is 5.97 Å². The minimum atomic E-state index is -0.827. The zero-order valence-electron chi connectivity index (χ0n) is 8.08. The molecular formula is C10H15NO2. The Morgan fingerprint density at radius 2 is 2.23 bits per heavy atom. The van der Waals surface area contributed by atoms with Gasteiger partial charge >= 0.3 is 5.97 Å². The fourth-order valence-electron chi connectivity index (χ4n) is 1.54. The lowest BCUT2D eigenvalue weighted by Gasteiger charge is -2.06. The van der Waals surface area contributed by atoms with Crippen molar-refractivity contribution in [3.8, 4) is 0 Å². The molecule has 0 spiro atoms. The van der Waals surface area contributed by atoms with Crippen LogP contribution in [0, 0.1) is 0 Å². The van der Waals surface area contributed by atoms with Gasteiger partial charge in [-0.3, -0.25) is 0 Å². The zero-order valence-corrected chi connectivity index (χ0v) is 8.08. The summed E-state index contributed by atoms with van der Waals surface area (Å²) < 4.78 is 2.02. The Balaban J connectivity index is 3.03. The van der Waals surface area contributed by atoms with E-state index in [-0.39, 0.29) is 0 Å². The average molecular weight is 181 g/mol. The van der Waals surface area contributed by atoms with Crippen molar-refractivity contribution in [2.75, 3.05) is 0 Å². The van der Waals surface area contributed by atoms with Gasteiger partial charge in [-0.25, -0.2) is 4.79 Å². The third-order valence-electron chi connectivity index (χ3n) is 2.11. The Morgan fingerprint density at radius 1 is 1.54 bits per heavy atom. The molecule has 0 unspecified atom stereocenters. The fraction of sp³-hybridized carbons (Fsp3) is 0.500. The predicted octanol–water partition coefficient (Wildman–Crippen LogP) is 2.16.